The van der Waals surface area contributed by atoms with Crippen molar-refractivity contribution in [1.82, 2.24) is 0 Å². The molecular weight excluding hydrogens is 328 g/mol. The molecule has 0 spiro atoms. The average molecular weight is 365 g/mol. The van der Waals surface area contributed by atoms with Crippen molar-refractivity contribution in [3.63, 3.8) is 0 Å². The van der Waals surface area contributed by atoms with Gasteiger partial charge in [-0.25, -0.2) is 4.79 Å². The van der Waals surface area contributed by atoms with E-state index in [4.69, 9.17) is 9.47 Å². The summed E-state index contributed by atoms with van der Waals surface area (Å²) < 4.78 is 10.2. The van der Waals surface area contributed by atoms with Crippen LogP contribution in [0.4, 0.5) is 0 Å². The number of ether oxygens (including phenoxy) is 2. The number of esters is 2. The molecule has 148 valence electrons. The molecule has 1 aliphatic rings. The van der Waals surface area contributed by atoms with Crippen molar-refractivity contribution in [2.24, 2.45) is 11.8 Å². The van der Waals surface area contributed by atoms with E-state index in [9.17, 15) is 9.59 Å². The Bertz CT molecular complexity index is 559. The predicted molar refractivity (Wildman–Crippen MR) is 106 cm³/mol. The molecule has 1 aliphatic carbocycles. The summed E-state index contributed by atoms with van der Waals surface area (Å²) in [6, 6.07) is 7.44. The van der Waals surface area contributed by atoms with Crippen molar-refractivity contribution in [2.75, 3.05) is 13.2 Å². The molecule has 0 bridgehead atoms. The molecule has 1 saturated carbocycles. The van der Waals surface area contributed by atoms with Crippen LogP contribution in [0.25, 0.3) is 0 Å². The summed E-state index contributed by atoms with van der Waals surface area (Å²) >= 11 is 0. The van der Waals surface area contributed by atoms with Crippen LogP contribution in [0.3, 0.4) is 0 Å². The maximum atomic E-state index is 11.5. The van der Waals surface area contributed by atoms with Gasteiger partial charge in [-0.15, -0.1) is 0 Å². The third kappa shape index (κ3) is 7.59. The fraction of sp³-hybridized carbons (Fsp3) is 0.636. The quantitative estimate of drug-likeness (QED) is 0.619. The van der Waals surface area contributed by atoms with Crippen molar-refractivity contribution in [3.05, 3.63) is 35.4 Å². The van der Waals surface area contributed by atoms with Gasteiger partial charge in [0.2, 0.25) is 0 Å². The highest BCUT2D eigenvalue weighted by molar-refractivity contribution is 5.90. The lowest BCUT2D eigenvalue weighted by molar-refractivity contribution is -0.151. The van der Waals surface area contributed by atoms with E-state index < -0.39 is 0 Å². The largest absolute Gasteiger partial charge is 0.465 e. The van der Waals surface area contributed by atoms with Gasteiger partial charge in [-0.3, -0.25) is 4.79 Å². The Morgan fingerprint density at radius 2 is 1.65 bits per heavy atom. The average Bonchev–Trinajstić information content (AvgIpc) is 2.65. The number of hydrogen-bond acceptors (Lipinski definition) is 4. The fourth-order valence-electron chi connectivity index (χ4n) is 3.05. The Labute approximate surface area is 159 Å². The lowest BCUT2D eigenvalue weighted by Gasteiger charge is -2.26. The molecular formula is C22H36O4. The molecule has 4 nitrogen and oxygen atoms in total. The molecule has 1 fully saturated rings. The third-order valence-corrected chi connectivity index (χ3v) is 4.66. The summed E-state index contributed by atoms with van der Waals surface area (Å²) in [5, 5.41) is 0. The van der Waals surface area contributed by atoms with Crippen LogP contribution in [-0.4, -0.2) is 25.2 Å². The van der Waals surface area contributed by atoms with E-state index in [1.807, 2.05) is 39.0 Å². The van der Waals surface area contributed by atoms with Crippen molar-refractivity contribution in [1.29, 1.82) is 0 Å². The van der Waals surface area contributed by atoms with Crippen LogP contribution in [-0.2, 0) is 14.3 Å². The molecule has 0 saturated heterocycles. The molecule has 1 aromatic rings. The Hall–Kier alpha value is -1.84. The maximum absolute atomic E-state index is 11.5. The zero-order valence-electron chi connectivity index (χ0n) is 16.8. The van der Waals surface area contributed by atoms with Crippen molar-refractivity contribution < 1.29 is 20.5 Å². The van der Waals surface area contributed by atoms with Crippen LogP contribution < -0.4 is 0 Å². The van der Waals surface area contributed by atoms with Gasteiger partial charge in [0.15, 0.2) is 0 Å². The van der Waals surface area contributed by atoms with Crippen LogP contribution in [0.15, 0.2) is 24.3 Å². The summed E-state index contributed by atoms with van der Waals surface area (Å²) in [7, 11) is 0. The number of benzene rings is 1. The van der Waals surface area contributed by atoms with Gasteiger partial charge in [-0.1, -0.05) is 51.8 Å². The van der Waals surface area contributed by atoms with Gasteiger partial charge in [0, 0.05) is 1.43 Å². The predicted octanol–water partition coefficient (Wildman–Crippen LogP) is 5.57. The summed E-state index contributed by atoms with van der Waals surface area (Å²) in [6.07, 6.45) is 6.47. The Morgan fingerprint density at radius 1 is 1.04 bits per heavy atom. The second kappa shape index (κ2) is 12.5. The van der Waals surface area contributed by atoms with Gasteiger partial charge < -0.3 is 9.47 Å². The van der Waals surface area contributed by atoms with E-state index in [0.29, 0.717) is 24.7 Å². The number of carbonyl (C=O) groups is 2. The Kier molecular flexibility index (Phi) is 10.7. The topological polar surface area (TPSA) is 52.6 Å². The van der Waals surface area contributed by atoms with Gasteiger partial charge in [0.25, 0.3) is 0 Å². The van der Waals surface area contributed by atoms with Crippen LogP contribution in [0.1, 0.15) is 76.6 Å². The minimum absolute atomic E-state index is 0. The van der Waals surface area contributed by atoms with Gasteiger partial charge in [-0.2, -0.15) is 0 Å². The van der Waals surface area contributed by atoms with Crippen LogP contribution in [0, 0.1) is 18.8 Å². The molecule has 26 heavy (non-hydrogen) atoms. The molecule has 0 aromatic heterocycles. The molecule has 1 aromatic carbocycles. The van der Waals surface area contributed by atoms with E-state index in [0.717, 1.165) is 24.8 Å². The number of rotatable bonds is 6. The van der Waals surface area contributed by atoms with E-state index in [2.05, 4.69) is 6.92 Å². The number of carbonyl (C=O) groups excluding carboxylic acids is 2. The first-order valence-corrected chi connectivity index (χ1v) is 9.90. The second-order valence-electron chi connectivity index (χ2n) is 6.99. The van der Waals surface area contributed by atoms with Crippen molar-refractivity contribution in [2.45, 2.75) is 66.2 Å². The highest BCUT2D eigenvalue weighted by atomic mass is 16.5. The van der Waals surface area contributed by atoms with Crippen molar-refractivity contribution in [3.8, 4) is 0 Å². The molecule has 2 rings (SSSR count). The first kappa shape index (κ1) is 22.2. The highest BCUT2D eigenvalue weighted by Crippen LogP contribution is 2.30. The molecule has 0 heterocycles. The van der Waals surface area contributed by atoms with Crippen molar-refractivity contribution >= 4 is 11.9 Å². The minimum atomic E-state index is -0.222. The van der Waals surface area contributed by atoms with E-state index in [1.165, 1.54) is 19.3 Å². The maximum Gasteiger partial charge on any atom is 0.338 e. The third-order valence-electron chi connectivity index (χ3n) is 4.66. The SMILES string of the molecule is CCCOC(=O)C1CCCCC1C.CCCOC(=O)c1ccccc1C.[HH]. The standard InChI is InChI=1S/C11H20O2.C11H14O2.H2/c2*1-3-8-13-11(12)10-7-5-4-6-9(10)2;/h9-10H,3-8H2,1-2H3;4-7H,3,8H2,1-2H3;1H. The molecule has 4 heteroatoms. The van der Waals surface area contributed by atoms with Gasteiger partial charge >= 0.3 is 11.9 Å². The molecule has 0 amide bonds. The number of aryl methyl sites for hydroxylation is 1. The first-order chi connectivity index (χ1) is 12.5. The molecule has 0 radical (unpaired) electrons. The Balaban J connectivity index is 0.000000483. The normalized spacial score (nSPS) is 19.1. The van der Waals surface area contributed by atoms with Gasteiger partial charge in [0.1, 0.15) is 0 Å². The van der Waals surface area contributed by atoms with Gasteiger partial charge in [0.05, 0.1) is 24.7 Å². The molecule has 0 N–H and O–H groups in total. The fourth-order valence-corrected chi connectivity index (χ4v) is 3.05. The molecule has 0 aliphatic heterocycles. The lowest BCUT2D eigenvalue weighted by atomic mass is 9.80. The molecule has 2 atom stereocenters. The second-order valence-corrected chi connectivity index (χ2v) is 6.99. The van der Waals surface area contributed by atoms with Crippen LogP contribution in [0.2, 0.25) is 0 Å². The van der Waals surface area contributed by atoms with Crippen LogP contribution in [0.5, 0.6) is 0 Å². The van der Waals surface area contributed by atoms with E-state index >= 15 is 0 Å². The number of hydrogen-bond donors (Lipinski definition) is 0. The van der Waals surface area contributed by atoms with E-state index in [1.54, 1.807) is 6.07 Å². The zero-order valence-corrected chi connectivity index (χ0v) is 16.8. The monoisotopic (exact) mass is 364 g/mol. The summed E-state index contributed by atoms with van der Waals surface area (Å²) in [6.45, 7) is 9.15. The van der Waals surface area contributed by atoms with E-state index in [-0.39, 0.29) is 19.3 Å². The van der Waals surface area contributed by atoms with Crippen LogP contribution >= 0.6 is 0 Å². The smallest absolute Gasteiger partial charge is 0.338 e. The minimum Gasteiger partial charge on any atom is -0.465 e. The van der Waals surface area contributed by atoms with Gasteiger partial charge in [-0.05, 0) is 50.2 Å². The lowest BCUT2D eigenvalue weighted by Crippen LogP contribution is -2.27. The summed E-state index contributed by atoms with van der Waals surface area (Å²) in [5.41, 5.74) is 1.62. The molecule has 2 unspecified atom stereocenters. The first-order valence-electron chi connectivity index (χ1n) is 9.90. The highest BCUT2D eigenvalue weighted by Gasteiger charge is 2.28. The summed E-state index contributed by atoms with van der Waals surface area (Å²) in [5.74, 6) is 0.521. The zero-order chi connectivity index (χ0) is 19.4. The summed E-state index contributed by atoms with van der Waals surface area (Å²) in [4.78, 5) is 22.9. The Morgan fingerprint density at radius 3 is 2.27 bits per heavy atom.